The Balaban J connectivity index is 0.000000403. The molecule has 6 N–H and O–H groups in total. The van der Waals surface area contributed by atoms with E-state index in [0.29, 0.717) is 0 Å². The van der Waals surface area contributed by atoms with Crippen LogP contribution in [0.4, 0.5) is 0 Å². The van der Waals surface area contributed by atoms with Gasteiger partial charge in [0.05, 0.1) is 0 Å². The Bertz CT molecular complexity index is 803. The molecule has 2 heterocycles. The molecule has 2 rings (SSSR count). The summed E-state index contributed by atoms with van der Waals surface area (Å²) in [6, 6.07) is 1.59. The number of carboxylic acid groups (broad SMARTS) is 2. The van der Waals surface area contributed by atoms with Gasteiger partial charge in [-0.2, -0.15) is 0 Å². The van der Waals surface area contributed by atoms with Crippen molar-refractivity contribution in [2.75, 3.05) is 0 Å². The molecule has 0 aliphatic rings. The predicted octanol–water partition coefficient (Wildman–Crippen LogP) is -2.48. The van der Waals surface area contributed by atoms with Crippen molar-refractivity contribution < 1.29 is 36.3 Å². The number of hydrogen-bond acceptors (Lipinski definition) is 6. The summed E-state index contributed by atoms with van der Waals surface area (Å²) in [5.41, 5.74) is -3.94. The van der Waals surface area contributed by atoms with E-state index >= 15 is 0 Å². The van der Waals surface area contributed by atoms with Crippen molar-refractivity contribution in [2.24, 2.45) is 0 Å². The fourth-order valence-corrected chi connectivity index (χ4v) is 1.17. The second-order valence-corrected chi connectivity index (χ2v) is 3.61. The van der Waals surface area contributed by atoms with E-state index in [2.05, 4.69) is 0 Å². The molecule has 0 aliphatic carbocycles. The largest absolute Gasteiger partial charge is 0.477 e. The standard InChI is InChI=1S/2C5H4N2O4.Ni/c2*8-3-1-2(4(9)10)6-5(11)7-3;/h2*1H,(H,9,10)(H2,6,7,8,11);. The average Bonchev–Trinajstić information content (AvgIpc) is 2.37. The van der Waals surface area contributed by atoms with E-state index in [0.717, 1.165) is 12.1 Å². The Morgan fingerprint density at radius 2 is 1.00 bits per heavy atom. The Morgan fingerprint density at radius 1 is 0.696 bits per heavy atom. The molecular formula is C10H8N4NiO8. The summed E-state index contributed by atoms with van der Waals surface area (Å²) in [6.07, 6.45) is 0. The van der Waals surface area contributed by atoms with Gasteiger partial charge in [-0.3, -0.25) is 19.6 Å². The SMILES string of the molecule is O=C(O)c1cc(=O)[nH]c(=O)[nH]1.O=C(O)c1cc(=O)[nH]c(=O)[nH]1.[Ni]. The molecule has 0 atom stereocenters. The molecule has 23 heavy (non-hydrogen) atoms. The van der Waals surface area contributed by atoms with Crippen molar-refractivity contribution in [1.82, 2.24) is 19.9 Å². The molecule has 12 nitrogen and oxygen atoms in total. The number of aromatic amines is 4. The van der Waals surface area contributed by atoms with Crippen LogP contribution in [0, 0.1) is 0 Å². The van der Waals surface area contributed by atoms with Gasteiger partial charge in [0.1, 0.15) is 11.4 Å². The summed E-state index contributed by atoms with van der Waals surface area (Å²) in [5, 5.41) is 16.6. The molecule has 0 fully saturated rings. The molecule has 0 aromatic carbocycles. The maximum atomic E-state index is 10.5. The van der Waals surface area contributed by atoms with Gasteiger partial charge in [0, 0.05) is 28.6 Å². The minimum absolute atomic E-state index is 0. The summed E-state index contributed by atoms with van der Waals surface area (Å²) in [6.45, 7) is 0. The van der Waals surface area contributed by atoms with Crippen molar-refractivity contribution in [3.63, 3.8) is 0 Å². The molecule has 0 aliphatic heterocycles. The smallest absolute Gasteiger partial charge is 0.352 e. The summed E-state index contributed by atoms with van der Waals surface area (Å²) in [7, 11) is 0. The fourth-order valence-electron chi connectivity index (χ4n) is 1.17. The molecule has 2 aromatic rings. The van der Waals surface area contributed by atoms with Crippen molar-refractivity contribution in [2.45, 2.75) is 0 Å². The van der Waals surface area contributed by atoms with E-state index in [-0.39, 0.29) is 16.5 Å². The van der Waals surface area contributed by atoms with Crippen molar-refractivity contribution >= 4 is 11.9 Å². The van der Waals surface area contributed by atoms with Gasteiger partial charge >= 0.3 is 23.3 Å². The zero-order chi connectivity index (χ0) is 16.9. The van der Waals surface area contributed by atoms with Gasteiger partial charge in [0.25, 0.3) is 11.1 Å². The predicted molar refractivity (Wildman–Crippen MR) is 69.3 cm³/mol. The van der Waals surface area contributed by atoms with E-state index in [1.54, 1.807) is 0 Å². The number of aromatic nitrogens is 4. The Morgan fingerprint density at radius 3 is 1.22 bits per heavy atom. The van der Waals surface area contributed by atoms with Crippen LogP contribution in [0.2, 0.25) is 0 Å². The first-order valence-corrected chi connectivity index (χ1v) is 5.33. The summed E-state index contributed by atoms with van der Waals surface area (Å²) in [5.74, 6) is -2.68. The van der Waals surface area contributed by atoms with Gasteiger partial charge in [-0.15, -0.1) is 0 Å². The third-order valence-corrected chi connectivity index (χ3v) is 1.98. The van der Waals surface area contributed by atoms with Crippen LogP contribution in [0.1, 0.15) is 21.0 Å². The van der Waals surface area contributed by atoms with E-state index in [9.17, 15) is 28.8 Å². The molecule has 126 valence electrons. The Hall–Kier alpha value is -3.21. The minimum atomic E-state index is -1.34. The molecule has 0 saturated carbocycles. The number of hydrogen-bond donors (Lipinski definition) is 6. The zero-order valence-corrected chi connectivity index (χ0v) is 11.8. The van der Waals surface area contributed by atoms with Crippen LogP contribution >= 0.6 is 0 Å². The van der Waals surface area contributed by atoms with Crippen LogP contribution in [0.5, 0.6) is 0 Å². The molecule has 0 bridgehead atoms. The zero-order valence-electron chi connectivity index (χ0n) is 10.8. The van der Waals surface area contributed by atoms with Gasteiger partial charge in [0.15, 0.2) is 0 Å². The molecule has 2 aromatic heterocycles. The van der Waals surface area contributed by atoms with Crippen LogP contribution < -0.4 is 22.5 Å². The van der Waals surface area contributed by atoms with Gasteiger partial charge < -0.3 is 20.2 Å². The first-order valence-electron chi connectivity index (χ1n) is 5.33. The second kappa shape index (κ2) is 8.29. The maximum Gasteiger partial charge on any atom is 0.352 e. The van der Waals surface area contributed by atoms with Crippen LogP contribution in [-0.4, -0.2) is 42.1 Å². The van der Waals surface area contributed by atoms with E-state index in [4.69, 9.17) is 10.2 Å². The van der Waals surface area contributed by atoms with Gasteiger partial charge in [-0.05, 0) is 0 Å². The Kier molecular flexibility index (Phi) is 7.13. The second-order valence-electron chi connectivity index (χ2n) is 3.61. The molecule has 0 radical (unpaired) electrons. The van der Waals surface area contributed by atoms with Crippen LogP contribution in [0.15, 0.2) is 31.3 Å². The molecule has 0 amide bonds. The number of aromatic carboxylic acids is 2. The summed E-state index contributed by atoms with van der Waals surface area (Å²) < 4.78 is 0. The number of H-pyrrole nitrogens is 4. The summed E-state index contributed by atoms with van der Waals surface area (Å²) in [4.78, 5) is 69.7. The quantitative estimate of drug-likeness (QED) is 0.311. The van der Waals surface area contributed by atoms with Crippen LogP contribution in [0.3, 0.4) is 0 Å². The van der Waals surface area contributed by atoms with E-state index in [1.807, 2.05) is 19.9 Å². The third-order valence-electron chi connectivity index (χ3n) is 1.98. The third kappa shape index (κ3) is 6.39. The number of rotatable bonds is 2. The molecular weight excluding hydrogens is 363 g/mol. The minimum Gasteiger partial charge on any atom is -0.477 e. The van der Waals surface area contributed by atoms with Crippen LogP contribution in [-0.2, 0) is 16.5 Å². The fraction of sp³-hybridized carbons (Fsp3) is 0. The average molecular weight is 371 g/mol. The maximum absolute atomic E-state index is 10.5. The van der Waals surface area contributed by atoms with Crippen molar-refractivity contribution in [1.29, 1.82) is 0 Å². The molecule has 0 saturated heterocycles. The van der Waals surface area contributed by atoms with Gasteiger partial charge in [-0.25, -0.2) is 19.2 Å². The number of carboxylic acids is 2. The Labute approximate surface area is 134 Å². The molecule has 13 heteroatoms. The first-order chi connectivity index (χ1) is 10.2. The first kappa shape index (κ1) is 19.8. The van der Waals surface area contributed by atoms with Gasteiger partial charge in [-0.1, -0.05) is 0 Å². The van der Waals surface area contributed by atoms with E-state index < -0.39 is 45.8 Å². The monoisotopic (exact) mass is 370 g/mol. The number of carbonyl (C=O) groups is 2. The van der Waals surface area contributed by atoms with Crippen molar-refractivity contribution in [3.8, 4) is 0 Å². The van der Waals surface area contributed by atoms with Crippen molar-refractivity contribution in [3.05, 3.63) is 65.2 Å². The van der Waals surface area contributed by atoms with Gasteiger partial charge in [0.2, 0.25) is 0 Å². The van der Waals surface area contributed by atoms with Crippen LogP contribution in [0.25, 0.3) is 0 Å². The molecule has 0 spiro atoms. The molecule has 0 unspecified atom stereocenters. The summed E-state index contributed by atoms with van der Waals surface area (Å²) >= 11 is 0. The topological polar surface area (TPSA) is 206 Å². The van der Waals surface area contributed by atoms with E-state index in [1.165, 1.54) is 0 Å². The normalized spacial score (nSPS) is 9.04. The number of nitrogens with one attached hydrogen (secondary N) is 4.